The summed E-state index contributed by atoms with van der Waals surface area (Å²) in [5, 5.41) is 2.56. The molecule has 2 aromatic rings. The van der Waals surface area contributed by atoms with Crippen molar-refractivity contribution in [2.24, 2.45) is 5.92 Å². The van der Waals surface area contributed by atoms with Crippen molar-refractivity contribution < 1.29 is 23.9 Å². The van der Waals surface area contributed by atoms with E-state index in [1.54, 1.807) is 24.3 Å². The van der Waals surface area contributed by atoms with Gasteiger partial charge in [-0.2, -0.15) is 0 Å². The first-order chi connectivity index (χ1) is 13.0. The second-order valence-corrected chi connectivity index (χ2v) is 6.17. The number of hydrogen-bond acceptors (Lipinski definition) is 5. The quantitative estimate of drug-likeness (QED) is 0.719. The van der Waals surface area contributed by atoms with Crippen LogP contribution in [0.5, 0.6) is 0 Å². The third-order valence-electron chi connectivity index (χ3n) is 4.32. The molecule has 7 nitrogen and oxygen atoms in total. The van der Waals surface area contributed by atoms with Crippen LogP contribution in [-0.4, -0.2) is 42.2 Å². The van der Waals surface area contributed by atoms with Gasteiger partial charge in [-0.15, -0.1) is 0 Å². The molecule has 1 heterocycles. The molecule has 2 unspecified atom stereocenters. The molecule has 0 spiro atoms. The number of aromatic nitrogens is 1. The summed E-state index contributed by atoms with van der Waals surface area (Å²) in [6.45, 7) is 3.27. The summed E-state index contributed by atoms with van der Waals surface area (Å²) < 4.78 is 11.7. The van der Waals surface area contributed by atoms with E-state index >= 15 is 0 Å². The van der Waals surface area contributed by atoms with Crippen LogP contribution in [-0.2, 0) is 19.1 Å². The van der Waals surface area contributed by atoms with Crippen molar-refractivity contribution in [3.8, 4) is 5.69 Å². The van der Waals surface area contributed by atoms with Gasteiger partial charge in [-0.3, -0.25) is 4.79 Å². The SMILES string of the molecule is CCC(C)C(NC(=O)COC(=O)c1ccc(-n2cccc2)cc1)C(=O)OC. The number of esters is 2. The summed E-state index contributed by atoms with van der Waals surface area (Å²) in [4.78, 5) is 35.9. The Balaban J connectivity index is 1.90. The van der Waals surface area contributed by atoms with Gasteiger partial charge < -0.3 is 19.4 Å². The molecule has 0 aliphatic heterocycles. The first kappa shape index (κ1) is 20.2. The molecule has 0 bridgehead atoms. The summed E-state index contributed by atoms with van der Waals surface area (Å²) in [5.41, 5.74) is 1.24. The monoisotopic (exact) mass is 372 g/mol. The summed E-state index contributed by atoms with van der Waals surface area (Å²) in [7, 11) is 1.27. The zero-order valence-electron chi connectivity index (χ0n) is 15.7. The molecule has 0 radical (unpaired) electrons. The van der Waals surface area contributed by atoms with Crippen LogP contribution in [0, 0.1) is 5.92 Å². The average molecular weight is 372 g/mol. The van der Waals surface area contributed by atoms with Crippen LogP contribution < -0.4 is 5.32 Å². The fourth-order valence-electron chi connectivity index (χ4n) is 2.50. The number of carbonyl (C=O) groups is 3. The Labute approximate surface area is 158 Å². The van der Waals surface area contributed by atoms with Crippen molar-refractivity contribution in [3.05, 3.63) is 54.4 Å². The smallest absolute Gasteiger partial charge is 0.338 e. The Kier molecular flexibility index (Phi) is 7.16. The molecule has 1 N–H and O–H groups in total. The predicted octanol–water partition coefficient (Wildman–Crippen LogP) is 2.34. The summed E-state index contributed by atoms with van der Waals surface area (Å²) >= 11 is 0. The number of benzene rings is 1. The Morgan fingerprint density at radius 2 is 1.74 bits per heavy atom. The molecule has 7 heteroatoms. The molecule has 0 aliphatic rings. The van der Waals surface area contributed by atoms with Crippen LogP contribution in [0.1, 0.15) is 30.6 Å². The predicted molar refractivity (Wildman–Crippen MR) is 99.5 cm³/mol. The first-order valence-corrected chi connectivity index (χ1v) is 8.74. The van der Waals surface area contributed by atoms with Crippen LogP contribution in [0.15, 0.2) is 48.8 Å². The fraction of sp³-hybridized carbons (Fsp3) is 0.350. The zero-order chi connectivity index (χ0) is 19.8. The fourth-order valence-corrected chi connectivity index (χ4v) is 2.50. The minimum absolute atomic E-state index is 0.0988. The maximum atomic E-state index is 12.1. The van der Waals surface area contributed by atoms with E-state index < -0.39 is 30.5 Å². The van der Waals surface area contributed by atoms with E-state index in [0.717, 1.165) is 5.69 Å². The van der Waals surface area contributed by atoms with Gasteiger partial charge in [0, 0.05) is 18.1 Å². The van der Waals surface area contributed by atoms with Crippen molar-refractivity contribution in [2.45, 2.75) is 26.3 Å². The first-order valence-electron chi connectivity index (χ1n) is 8.74. The van der Waals surface area contributed by atoms with Gasteiger partial charge in [0.15, 0.2) is 6.61 Å². The van der Waals surface area contributed by atoms with E-state index in [1.807, 2.05) is 42.9 Å². The Bertz CT molecular complexity index is 768. The molecule has 1 aromatic carbocycles. The van der Waals surface area contributed by atoms with Gasteiger partial charge in [-0.05, 0) is 42.3 Å². The van der Waals surface area contributed by atoms with E-state index in [4.69, 9.17) is 9.47 Å². The van der Waals surface area contributed by atoms with Crippen LogP contribution >= 0.6 is 0 Å². The summed E-state index contributed by atoms with van der Waals surface area (Å²) in [6.07, 6.45) is 4.48. The number of hydrogen-bond donors (Lipinski definition) is 1. The van der Waals surface area contributed by atoms with Crippen molar-refractivity contribution in [3.63, 3.8) is 0 Å². The highest BCUT2D eigenvalue weighted by atomic mass is 16.5. The lowest BCUT2D eigenvalue weighted by molar-refractivity contribution is -0.147. The van der Waals surface area contributed by atoms with Gasteiger partial charge in [0.2, 0.25) is 0 Å². The maximum absolute atomic E-state index is 12.1. The second-order valence-electron chi connectivity index (χ2n) is 6.17. The molecule has 2 atom stereocenters. The molecule has 144 valence electrons. The molecule has 0 aliphatic carbocycles. The van der Waals surface area contributed by atoms with Crippen LogP contribution in [0.2, 0.25) is 0 Å². The molecular formula is C20H24N2O5. The summed E-state index contributed by atoms with van der Waals surface area (Å²) in [5.74, 6) is -1.78. The van der Waals surface area contributed by atoms with E-state index in [2.05, 4.69) is 5.32 Å². The van der Waals surface area contributed by atoms with E-state index in [1.165, 1.54) is 7.11 Å². The molecule has 2 rings (SSSR count). The topological polar surface area (TPSA) is 86.6 Å². The number of ether oxygens (including phenoxy) is 2. The van der Waals surface area contributed by atoms with E-state index in [-0.39, 0.29) is 5.92 Å². The summed E-state index contributed by atoms with van der Waals surface area (Å²) in [6, 6.07) is 9.87. The molecular weight excluding hydrogens is 348 g/mol. The third kappa shape index (κ3) is 5.44. The van der Waals surface area contributed by atoms with Crippen LogP contribution in [0.3, 0.4) is 0 Å². The van der Waals surface area contributed by atoms with Crippen molar-refractivity contribution in [1.82, 2.24) is 9.88 Å². The molecule has 0 saturated carbocycles. The second kappa shape index (κ2) is 9.56. The lowest BCUT2D eigenvalue weighted by Crippen LogP contribution is -2.47. The molecule has 27 heavy (non-hydrogen) atoms. The van der Waals surface area contributed by atoms with Crippen molar-refractivity contribution in [1.29, 1.82) is 0 Å². The number of nitrogens with one attached hydrogen (secondary N) is 1. The normalized spacial score (nSPS) is 12.7. The highest BCUT2D eigenvalue weighted by molar-refractivity contribution is 5.92. The average Bonchev–Trinajstić information content (AvgIpc) is 3.24. The Morgan fingerprint density at radius 1 is 1.11 bits per heavy atom. The highest BCUT2D eigenvalue weighted by Gasteiger charge is 2.27. The van der Waals surface area contributed by atoms with E-state index in [9.17, 15) is 14.4 Å². The zero-order valence-corrected chi connectivity index (χ0v) is 15.7. The Morgan fingerprint density at radius 3 is 2.30 bits per heavy atom. The minimum atomic E-state index is -0.771. The highest BCUT2D eigenvalue weighted by Crippen LogP contribution is 2.11. The largest absolute Gasteiger partial charge is 0.467 e. The van der Waals surface area contributed by atoms with Gasteiger partial charge in [-0.25, -0.2) is 9.59 Å². The lowest BCUT2D eigenvalue weighted by atomic mass is 9.99. The third-order valence-corrected chi connectivity index (χ3v) is 4.32. The van der Waals surface area contributed by atoms with Crippen LogP contribution in [0.4, 0.5) is 0 Å². The number of nitrogens with zero attached hydrogens (tertiary/aromatic N) is 1. The maximum Gasteiger partial charge on any atom is 0.338 e. The molecule has 1 amide bonds. The lowest BCUT2D eigenvalue weighted by Gasteiger charge is -2.21. The Hall–Kier alpha value is -3.09. The number of rotatable bonds is 8. The molecule has 0 saturated heterocycles. The standard InChI is InChI=1S/C20H24N2O5/c1-4-14(2)18(20(25)26-3)21-17(23)13-27-19(24)15-7-9-16(10-8-15)22-11-5-6-12-22/h5-12,14,18H,4,13H2,1-3H3,(H,21,23). The van der Waals surface area contributed by atoms with E-state index in [0.29, 0.717) is 12.0 Å². The van der Waals surface area contributed by atoms with Gasteiger partial charge in [0.1, 0.15) is 6.04 Å². The van der Waals surface area contributed by atoms with Gasteiger partial charge in [-0.1, -0.05) is 20.3 Å². The van der Waals surface area contributed by atoms with Gasteiger partial charge >= 0.3 is 11.9 Å². The van der Waals surface area contributed by atoms with Gasteiger partial charge in [0.05, 0.1) is 12.7 Å². The number of methoxy groups -OCH3 is 1. The van der Waals surface area contributed by atoms with Gasteiger partial charge in [0.25, 0.3) is 5.91 Å². The van der Waals surface area contributed by atoms with Crippen molar-refractivity contribution in [2.75, 3.05) is 13.7 Å². The van der Waals surface area contributed by atoms with Crippen molar-refractivity contribution >= 4 is 17.8 Å². The molecule has 1 aromatic heterocycles. The number of amides is 1. The van der Waals surface area contributed by atoms with Crippen LogP contribution in [0.25, 0.3) is 5.69 Å². The minimum Gasteiger partial charge on any atom is -0.467 e. The number of carbonyl (C=O) groups excluding carboxylic acids is 3. The molecule has 0 fully saturated rings.